The van der Waals surface area contributed by atoms with Gasteiger partial charge in [0.1, 0.15) is 11.5 Å². The van der Waals surface area contributed by atoms with E-state index in [9.17, 15) is 10.2 Å². The quantitative estimate of drug-likeness (QED) is 0.417. The highest BCUT2D eigenvalue weighted by atomic mass is 16.5. The minimum absolute atomic E-state index is 0.0205. The first-order valence-corrected chi connectivity index (χ1v) is 11.6. The second-order valence-corrected chi connectivity index (χ2v) is 9.92. The van der Waals surface area contributed by atoms with Crippen molar-refractivity contribution in [2.75, 3.05) is 0 Å². The van der Waals surface area contributed by atoms with Crippen molar-refractivity contribution in [1.82, 2.24) is 0 Å². The van der Waals surface area contributed by atoms with Crippen molar-refractivity contribution >= 4 is 0 Å². The Morgan fingerprint density at radius 3 is 1.06 bits per heavy atom. The van der Waals surface area contributed by atoms with Crippen LogP contribution in [-0.4, -0.2) is 34.6 Å². The predicted molar refractivity (Wildman–Crippen MR) is 131 cm³/mol. The van der Waals surface area contributed by atoms with Gasteiger partial charge in [-0.05, 0) is 67.5 Å². The molecule has 0 amide bonds. The SMILES string of the molecule is CC(C)Oc1cc(C(C)(C)c2cc(OC(C)C)c(O)cc2OC(C)C)c(OC(C)C)cc1O. The van der Waals surface area contributed by atoms with E-state index in [1.807, 2.05) is 81.4 Å². The second-order valence-electron chi connectivity index (χ2n) is 9.92. The van der Waals surface area contributed by atoms with Gasteiger partial charge in [0.2, 0.25) is 0 Å². The van der Waals surface area contributed by atoms with Gasteiger partial charge in [0, 0.05) is 28.7 Å². The lowest BCUT2D eigenvalue weighted by Gasteiger charge is -2.32. The van der Waals surface area contributed by atoms with Crippen molar-refractivity contribution in [3.63, 3.8) is 0 Å². The fourth-order valence-corrected chi connectivity index (χ4v) is 3.62. The van der Waals surface area contributed by atoms with E-state index in [2.05, 4.69) is 0 Å². The Labute approximate surface area is 198 Å². The molecule has 0 aliphatic rings. The third kappa shape index (κ3) is 6.62. The molecule has 6 nitrogen and oxygen atoms in total. The van der Waals surface area contributed by atoms with Crippen LogP contribution in [0.1, 0.15) is 80.4 Å². The summed E-state index contributed by atoms with van der Waals surface area (Å²) in [5, 5.41) is 21.2. The van der Waals surface area contributed by atoms with E-state index in [0.29, 0.717) is 23.0 Å². The number of aromatic hydroxyl groups is 2. The second kappa shape index (κ2) is 10.4. The van der Waals surface area contributed by atoms with Gasteiger partial charge in [-0.15, -0.1) is 0 Å². The van der Waals surface area contributed by atoms with E-state index in [4.69, 9.17) is 18.9 Å². The fourth-order valence-electron chi connectivity index (χ4n) is 3.62. The zero-order valence-corrected chi connectivity index (χ0v) is 21.6. The first-order valence-electron chi connectivity index (χ1n) is 11.6. The summed E-state index contributed by atoms with van der Waals surface area (Å²) in [5.74, 6) is 1.91. The molecule has 2 N–H and O–H groups in total. The molecule has 0 spiro atoms. The number of phenolic OH excluding ortho intramolecular Hbond substituents is 2. The molecule has 184 valence electrons. The third-order valence-corrected chi connectivity index (χ3v) is 4.92. The lowest BCUT2D eigenvalue weighted by Crippen LogP contribution is -2.24. The highest BCUT2D eigenvalue weighted by molar-refractivity contribution is 5.60. The molecule has 0 unspecified atom stereocenters. The Morgan fingerprint density at radius 2 is 0.788 bits per heavy atom. The summed E-state index contributed by atoms with van der Waals surface area (Å²) in [5.41, 5.74) is 0.985. The fraction of sp³-hybridized carbons (Fsp3) is 0.556. The summed E-state index contributed by atoms with van der Waals surface area (Å²) >= 11 is 0. The molecule has 0 fully saturated rings. The van der Waals surface area contributed by atoms with Crippen LogP contribution < -0.4 is 18.9 Å². The van der Waals surface area contributed by atoms with Crippen molar-refractivity contribution in [1.29, 1.82) is 0 Å². The zero-order valence-electron chi connectivity index (χ0n) is 21.6. The minimum Gasteiger partial charge on any atom is -0.504 e. The molecule has 2 aromatic carbocycles. The molecule has 0 aromatic heterocycles. The Morgan fingerprint density at radius 1 is 0.515 bits per heavy atom. The Hall–Kier alpha value is -2.76. The predicted octanol–water partition coefficient (Wildman–Crippen LogP) is 6.57. The number of phenols is 2. The number of benzene rings is 2. The largest absolute Gasteiger partial charge is 0.504 e. The maximum atomic E-state index is 10.6. The van der Waals surface area contributed by atoms with Gasteiger partial charge in [0.05, 0.1) is 24.4 Å². The van der Waals surface area contributed by atoms with E-state index < -0.39 is 5.41 Å². The molecule has 0 aliphatic carbocycles. The van der Waals surface area contributed by atoms with Gasteiger partial charge in [0.25, 0.3) is 0 Å². The van der Waals surface area contributed by atoms with Crippen LogP contribution in [0.25, 0.3) is 0 Å². The maximum Gasteiger partial charge on any atom is 0.161 e. The molecular weight excluding hydrogens is 420 g/mol. The number of hydrogen-bond donors (Lipinski definition) is 2. The average molecular weight is 461 g/mol. The van der Waals surface area contributed by atoms with Crippen LogP contribution in [0.2, 0.25) is 0 Å². The van der Waals surface area contributed by atoms with Gasteiger partial charge < -0.3 is 29.2 Å². The normalized spacial score (nSPS) is 12.1. The first kappa shape index (κ1) is 26.5. The monoisotopic (exact) mass is 460 g/mol. The molecule has 0 bridgehead atoms. The molecular formula is C27H40O6. The molecule has 0 saturated heterocycles. The van der Waals surface area contributed by atoms with Crippen LogP contribution >= 0.6 is 0 Å². The molecule has 0 aliphatic heterocycles. The van der Waals surface area contributed by atoms with E-state index in [1.165, 1.54) is 0 Å². The van der Waals surface area contributed by atoms with E-state index >= 15 is 0 Å². The van der Waals surface area contributed by atoms with Crippen LogP contribution in [0.5, 0.6) is 34.5 Å². The smallest absolute Gasteiger partial charge is 0.161 e. The summed E-state index contributed by atoms with van der Waals surface area (Å²) in [6.45, 7) is 19.5. The minimum atomic E-state index is -0.653. The zero-order chi connectivity index (χ0) is 25.1. The Kier molecular flexibility index (Phi) is 8.39. The van der Waals surface area contributed by atoms with Crippen LogP contribution in [0, 0.1) is 0 Å². The van der Waals surface area contributed by atoms with E-state index in [1.54, 1.807) is 12.1 Å². The Balaban J connectivity index is 2.79. The lowest BCUT2D eigenvalue weighted by molar-refractivity contribution is 0.218. The van der Waals surface area contributed by atoms with Gasteiger partial charge in [-0.25, -0.2) is 0 Å². The summed E-state index contributed by atoms with van der Waals surface area (Å²) in [6, 6.07) is 6.84. The number of ether oxygens (including phenoxy) is 4. The summed E-state index contributed by atoms with van der Waals surface area (Å²) in [7, 11) is 0. The topological polar surface area (TPSA) is 77.4 Å². The van der Waals surface area contributed by atoms with E-state index in [-0.39, 0.29) is 35.9 Å². The number of hydrogen-bond acceptors (Lipinski definition) is 6. The standard InChI is InChI=1S/C27H40O6/c1-15(2)30-23-13-21(28)25(32-17(5)6)11-19(23)27(9,10)20-12-26(33-18(7)8)22(29)14-24(20)31-16(3)4/h11-18,28-29H,1-10H3. The summed E-state index contributed by atoms with van der Waals surface area (Å²) < 4.78 is 23.9. The number of rotatable bonds is 10. The summed E-state index contributed by atoms with van der Waals surface area (Å²) in [4.78, 5) is 0. The summed E-state index contributed by atoms with van der Waals surface area (Å²) in [6.07, 6.45) is -0.407. The van der Waals surface area contributed by atoms with Gasteiger partial charge in [-0.3, -0.25) is 0 Å². The van der Waals surface area contributed by atoms with Gasteiger partial charge in [0.15, 0.2) is 23.0 Å². The molecule has 33 heavy (non-hydrogen) atoms. The van der Waals surface area contributed by atoms with Crippen molar-refractivity contribution in [2.45, 2.75) is 99.1 Å². The van der Waals surface area contributed by atoms with E-state index in [0.717, 1.165) is 11.1 Å². The van der Waals surface area contributed by atoms with Crippen molar-refractivity contribution < 1.29 is 29.2 Å². The van der Waals surface area contributed by atoms with Gasteiger partial charge in [-0.1, -0.05) is 13.8 Å². The maximum absolute atomic E-state index is 10.6. The van der Waals surface area contributed by atoms with Crippen LogP contribution in [0.15, 0.2) is 24.3 Å². The first-order chi connectivity index (χ1) is 15.2. The van der Waals surface area contributed by atoms with Crippen molar-refractivity contribution in [2.24, 2.45) is 0 Å². The van der Waals surface area contributed by atoms with Crippen molar-refractivity contribution in [3.05, 3.63) is 35.4 Å². The van der Waals surface area contributed by atoms with Gasteiger partial charge >= 0.3 is 0 Å². The highest BCUT2D eigenvalue weighted by Crippen LogP contribution is 2.48. The molecule has 2 rings (SSSR count). The molecule has 0 radical (unpaired) electrons. The van der Waals surface area contributed by atoms with Crippen LogP contribution in [0.3, 0.4) is 0 Å². The lowest BCUT2D eigenvalue weighted by atomic mass is 9.76. The third-order valence-electron chi connectivity index (χ3n) is 4.92. The highest BCUT2D eigenvalue weighted by Gasteiger charge is 2.33. The van der Waals surface area contributed by atoms with Gasteiger partial charge in [-0.2, -0.15) is 0 Å². The Bertz CT molecular complexity index is 869. The van der Waals surface area contributed by atoms with Crippen molar-refractivity contribution in [3.8, 4) is 34.5 Å². The molecule has 0 saturated carbocycles. The molecule has 2 aromatic rings. The molecule has 0 heterocycles. The molecule has 0 atom stereocenters. The van der Waals surface area contributed by atoms with Crippen LogP contribution in [-0.2, 0) is 5.41 Å². The molecule has 6 heteroatoms. The van der Waals surface area contributed by atoms with Crippen LogP contribution in [0.4, 0.5) is 0 Å². The average Bonchev–Trinajstić information content (AvgIpc) is 2.64.